The zero-order valence-electron chi connectivity index (χ0n) is 11.6. The van der Waals surface area contributed by atoms with E-state index < -0.39 is 5.97 Å². The molecule has 0 unspecified atom stereocenters. The third-order valence-electron chi connectivity index (χ3n) is 3.00. The standard InChI is InChI=1S/C15H18N2O2S/c1-11(2)17(10-14(18)19)9-13-8-16-15(20-13)12-6-4-3-5-7-12/h3-8,11H,9-10H2,1-2H3,(H,18,19). The van der Waals surface area contributed by atoms with Crippen molar-refractivity contribution < 1.29 is 9.90 Å². The summed E-state index contributed by atoms with van der Waals surface area (Å²) >= 11 is 1.61. The summed E-state index contributed by atoms with van der Waals surface area (Å²) in [4.78, 5) is 18.3. The van der Waals surface area contributed by atoms with E-state index in [1.807, 2.05) is 55.3 Å². The van der Waals surface area contributed by atoms with E-state index in [0.29, 0.717) is 6.54 Å². The Balaban J connectivity index is 2.10. The quantitative estimate of drug-likeness (QED) is 0.888. The lowest BCUT2D eigenvalue weighted by molar-refractivity contribution is -0.138. The average molecular weight is 290 g/mol. The minimum atomic E-state index is -0.800. The monoisotopic (exact) mass is 290 g/mol. The largest absolute Gasteiger partial charge is 0.480 e. The highest BCUT2D eigenvalue weighted by atomic mass is 32.1. The first kappa shape index (κ1) is 14.7. The highest BCUT2D eigenvalue weighted by Crippen LogP contribution is 2.25. The molecule has 0 saturated heterocycles. The Hall–Kier alpha value is -1.72. The zero-order valence-corrected chi connectivity index (χ0v) is 12.4. The Labute approximate surface area is 122 Å². The van der Waals surface area contributed by atoms with Gasteiger partial charge < -0.3 is 5.11 Å². The summed E-state index contributed by atoms with van der Waals surface area (Å²) in [5, 5.41) is 9.91. The molecule has 4 nitrogen and oxygen atoms in total. The first-order valence-corrected chi connectivity index (χ1v) is 7.34. The Morgan fingerprint density at radius 2 is 2.05 bits per heavy atom. The van der Waals surface area contributed by atoms with Crippen molar-refractivity contribution in [1.82, 2.24) is 9.88 Å². The number of hydrogen-bond donors (Lipinski definition) is 1. The molecular formula is C15H18N2O2S. The Morgan fingerprint density at radius 3 is 2.65 bits per heavy atom. The third kappa shape index (κ3) is 3.88. The summed E-state index contributed by atoms with van der Waals surface area (Å²) in [6, 6.07) is 10.2. The number of aliphatic carboxylic acids is 1. The molecule has 2 rings (SSSR count). The van der Waals surface area contributed by atoms with Crippen molar-refractivity contribution >= 4 is 17.3 Å². The zero-order chi connectivity index (χ0) is 14.5. The molecule has 0 aliphatic heterocycles. The van der Waals surface area contributed by atoms with Crippen LogP contribution in [0.3, 0.4) is 0 Å². The van der Waals surface area contributed by atoms with Gasteiger partial charge in [0.15, 0.2) is 0 Å². The van der Waals surface area contributed by atoms with Gasteiger partial charge in [0.1, 0.15) is 5.01 Å². The number of aromatic nitrogens is 1. The number of rotatable bonds is 6. The van der Waals surface area contributed by atoms with Crippen molar-refractivity contribution in [3.63, 3.8) is 0 Å². The molecule has 0 bridgehead atoms. The van der Waals surface area contributed by atoms with Crippen LogP contribution in [0.25, 0.3) is 10.6 Å². The van der Waals surface area contributed by atoms with Gasteiger partial charge in [0.2, 0.25) is 0 Å². The van der Waals surface area contributed by atoms with Gasteiger partial charge in [-0.2, -0.15) is 0 Å². The van der Waals surface area contributed by atoms with Crippen LogP contribution in [0.2, 0.25) is 0 Å². The van der Waals surface area contributed by atoms with E-state index in [2.05, 4.69) is 4.98 Å². The molecule has 0 amide bonds. The fourth-order valence-corrected chi connectivity index (χ4v) is 2.83. The first-order chi connectivity index (χ1) is 9.56. The van der Waals surface area contributed by atoms with Crippen LogP contribution in [-0.2, 0) is 11.3 Å². The molecule has 0 saturated carbocycles. The van der Waals surface area contributed by atoms with E-state index in [0.717, 1.165) is 15.4 Å². The maximum Gasteiger partial charge on any atom is 0.317 e. The lowest BCUT2D eigenvalue weighted by Gasteiger charge is -2.23. The van der Waals surface area contributed by atoms with E-state index in [1.54, 1.807) is 11.3 Å². The fourth-order valence-electron chi connectivity index (χ4n) is 1.89. The molecule has 0 atom stereocenters. The molecule has 0 spiro atoms. The predicted octanol–water partition coefficient (Wildman–Crippen LogP) is 3.11. The van der Waals surface area contributed by atoms with Gasteiger partial charge in [-0.05, 0) is 13.8 Å². The SMILES string of the molecule is CC(C)N(CC(=O)O)Cc1cnc(-c2ccccc2)s1. The highest BCUT2D eigenvalue weighted by molar-refractivity contribution is 7.15. The Morgan fingerprint density at radius 1 is 1.35 bits per heavy atom. The molecule has 0 aliphatic carbocycles. The van der Waals surface area contributed by atoms with Gasteiger partial charge >= 0.3 is 5.97 Å². The Bertz CT molecular complexity index is 566. The normalized spacial score (nSPS) is 11.2. The molecule has 1 aromatic carbocycles. The summed E-state index contributed by atoms with van der Waals surface area (Å²) < 4.78 is 0. The van der Waals surface area contributed by atoms with Crippen molar-refractivity contribution in [2.75, 3.05) is 6.54 Å². The van der Waals surface area contributed by atoms with Gasteiger partial charge in [-0.15, -0.1) is 11.3 Å². The predicted molar refractivity (Wildman–Crippen MR) is 80.7 cm³/mol. The molecule has 0 radical (unpaired) electrons. The summed E-state index contributed by atoms with van der Waals surface area (Å²) in [7, 11) is 0. The lowest BCUT2D eigenvalue weighted by atomic mass is 10.2. The van der Waals surface area contributed by atoms with Crippen molar-refractivity contribution in [1.29, 1.82) is 0 Å². The van der Waals surface area contributed by atoms with Gasteiger partial charge in [-0.25, -0.2) is 4.98 Å². The van der Waals surface area contributed by atoms with E-state index in [1.165, 1.54) is 0 Å². The molecule has 0 fully saturated rings. The molecule has 0 aliphatic rings. The van der Waals surface area contributed by atoms with Gasteiger partial charge in [-0.3, -0.25) is 9.69 Å². The van der Waals surface area contributed by atoms with E-state index in [-0.39, 0.29) is 12.6 Å². The second kappa shape index (κ2) is 6.63. The maximum absolute atomic E-state index is 10.9. The molecule has 1 heterocycles. The smallest absolute Gasteiger partial charge is 0.317 e. The first-order valence-electron chi connectivity index (χ1n) is 6.52. The number of hydrogen-bond acceptors (Lipinski definition) is 4. The molecule has 5 heteroatoms. The average Bonchev–Trinajstić information content (AvgIpc) is 2.87. The van der Waals surface area contributed by atoms with Crippen molar-refractivity contribution in [3.8, 4) is 10.6 Å². The van der Waals surface area contributed by atoms with Crippen molar-refractivity contribution in [3.05, 3.63) is 41.4 Å². The molecule has 20 heavy (non-hydrogen) atoms. The van der Waals surface area contributed by atoms with Crippen LogP contribution in [0.4, 0.5) is 0 Å². The summed E-state index contributed by atoms with van der Waals surface area (Å²) in [6.45, 7) is 4.68. The molecular weight excluding hydrogens is 272 g/mol. The van der Waals surface area contributed by atoms with Gasteiger partial charge in [-0.1, -0.05) is 30.3 Å². The number of carbonyl (C=O) groups is 1. The van der Waals surface area contributed by atoms with Gasteiger partial charge in [0, 0.05) is 29.2 Å². The molecule has 2 aromatic rings. The second-order valence-corrected chi connectivity index (χ2v) is 6.01. The molecule has 1 N–H and O–H groups in total. The van der Waals surface area contributed by atoms with E-state index >= 15 is 0 Å². The number of nitrogens with zero attached hydrogens (tertiary/aromatic N) is 2. The fraction of sp³-hybridized carbons (Fsp3) is 0.333. The van der Waals surface area contributed by atoms with Crippen molar-refractivity contribution in [2.24, 2.45) is 0 Å². The van der Waals surface area contributed by atoms with Crippen LogP contribution >= 0.6 is 11.3 Å². The number of carboxylic acid groups (broad SMARTS) is 1. The second-order valence-electron chi connectivity index (χ2n) is 4.89. The summed E-state index contributed by atoms with van der Waals surface area (Å²) in [6.07, 6.45) is 1.84. The van der Waals surface area contributed by atoms with Crippen LogP contribution in [0.1, 0.15) is 18.7 Å². The minimum Gasteiger partial charge on any atom is -0.480 e. The summed E-state index contributed by atoms with van der Waals surface area (Å²) in [5.41, 5.74) is 1.10. The van der Waals surface area contributed by atoms with Crippen molar-refractivity contribution in [2.45, 2.75) is 26.4 Å². The van der Waals surface area contributed by atoms with Crippen LogP contribution < -0.4 is 0 Å². The topological polar surface area (TPSA) is 53.4 Å². The molecule has 1 aromatic heterocycles. The maximum atomic E-state index is 10.9. The van der Waals surface area contributed by atoms with Crippen LogP contribution in [0, 0.1) is 0 Å². The van der Waals surface area contributed by atoms with Crippen LogP contribution in [0.5, 0.6) is 0 Å². The lowest BCUT2D eigenvalue weighted by Crippen LogP contribution is -2.34. The van der Waals surface area contributed by atoms with Crippen LogP contribution in [-0.4, -0.2) is 33.5 Å². The van der Waals surface area contributed by atoms with Crippen LogP contribution in [0.15, 0.2) is 36.5 Å². The Kier molecular flexibility index (Phi) is 4.87. The number of carboxylic acids is 1. The van der Waals surface area contributed by atoms with Gasteiger partial charge in [0.25, 0.3) is 0 Å². The van der Waals surface area contributed by atoms with Gasteiger partial charge in [0.05, 0.1) is 6.54 Å². The molecule has 106 valence electrons. The minimum absolute atomic E-state index is 0.0518. The number of thiazole rings is 1. The highest BCUT2D eigenvalue weighted by Gasteiger charge is 2.15. The van der Waals surface area contributed by atoms with E-state index in [4.69, 9.17) is 5.11 Å². The number of benzene rings is 1. The third-order valence-corrected chi connectivity index (χ3v) is 4.03. The summed E-state index contributed by atoms with van der Waals surface area (Å²) in [5.74, 6) is -0.800. The van der Waals surface area contributed by atoms with E-state index in [9.17, 15) is 4.79 Å².